The van der Waals surface area contributed by atoms with Crippen molar-refractivity contribution in [1.29, 1.82) is 0 Å². The van der Waals surface area contributed by atoms with Crippen molar-refractivity contribution in [3.8, 4) is 0 Å². The molecule has 0 fully saturated rings. The summed E-state index contributed by atoms with van der Waals surface area (Å²) in [7, 11) is -3.91. The van der Waals surface area contributed by atoms with Gasteiger partial charge in [-0.25, -0.2) is 15.4 Å². The van der Waals surface area contributed by atoms with Gasteiger partial charge in [0.2, 0.25) is 5.03 Å². The van der Waals surface area contributed by atoms with Crippen LogP contribution in [0, 0.1) is 0 Å². The SMILES string of the molecule is O=C(NN1C=Nc2nc[nH]c2S1(=O)=O)c1ccccc1. The van der Waals surface area contributed by atoms with Gasteiger partial charge in [0.05, 0.1) is 6.33 Å². The molecule has 9 heteroatoms. The van der Waals surface area contributed by atoms with Crippen LogP contribution >= 0.6 is 0 Å². The summed E-state index contributed by atoms with van der Waals surface area (Å²) in [6.45, 7) is 0. The first-order valence-electron chi connectivity index (χ1n) is 5.57. The number of hydrogen-bond donors (Lipinski definition) is 2. The molecule has 1 aliphatic rings. The molecular weight excluding hydrogens is 282 g/mol. The van der Waals surface area contributed by atoms with E-state index in [-0.39, 0.29) is 10.8 Å². The summed E-state index contributed by atoms with van der Waals surface area (Å²) in [5.41, 5.74) is 2.60. The number of amides is 1. The van der Waals surface area contributed by atoms with Gasteiger partial charge in [0, 0.05) is 5.56 Å². The van der Waals surface area contributed by atoms with Crippen LogP contribution in [0.3, 0.4) is 0 Å². The maximum Gasteiger partial charge on any atom is 0.302 e. The lowest BCUT2D eigenvalue weighted by molar-refractivity contribution is 0.0912. The van der Waals surface area contributed by atoms with Crippen LogP contribution in [-0.4, -0.2) is 35.0 Å². The van der Waals surface area contributed by atoms with Gasteiger partial charge in [-0.2, -0.15) is 12.8 Å². The Kier molecular flexibility index (Phi) is 2.75. The zero-order chi connectivity index (χ0) is 14.2. The molecule has 1 aliphatic heterocycles. The van der Waals surface area contributed by atoms with Gasteiger partial charge in [-0.1, -0.05) is 18.2 Å². The molecule has 0 saturated carbocycles. The van der Waals surface area contributed by atoms with Crippen molar-refractivity contribution < 1.29 is 13.2 Å². The van der Waals surface area contributed by atoms with E-state index in [9.17, 15) is 13.2 Å². The third-order valence-corrected chi connectivity index (χ3v) is 4.15. The predicted octanol–water partition coefficient (Wildman–Crippen LogP) is 0.419. The highest BCUT2D eigenvalue weighted by molar-refractivity contribution is 7.89. The Labute approximate surface area is 114 Å². The number of hydrogen-bond acceptors (Lipinski definition) is 5. The summed E-state index contributed by atoms with van der Waals surface area (Å²) in [5, 5.41) is -0.159. The van der Waals surface area contributed by atoms with Gasteiger partial charge in [-0.3, -0.25) is 4.79 Å². The number of nitrogens with one attached hydrogen (secondary N) is 2. The molecule has 0 spiro atoms. The second kappa shape index (κ2) is 4.46. The van der Waals surface area contributed by atoms with Gasteiger partial charge in [-0.15, -0.1) is 0 Å². The number of carbonyl (C=O) groups excluding carboxylic acids is 1. The lowest BCUT2D eigenvalue weighted by Gasteiger charge is -2.21. The first-order valence-corrected chi connectivity index (χ1v) is 7.01. The topological polar surface area (TPSA) is 108 Å². The number of aromatic amines is 1. The number of benzene rings is 1. The molecule has 1 aromatic carbocycles. The van der Waals surface area contributed by atoms with Crippen LogP contribution in [0.25, 0.3) is 0 Å². The molecule has 20 heavy (non-hydrogen) atoms. The standard InChI is InChI=1S/C11H9N5O3S/c17-10(8-4-2-1-3-5-8)15-16-7-14-9-11(13-6-12-9)20(16,18)19/h1-7H,(H,12,13)(H,15,17). The molecule has 0 radical (unpaired) electrons. The molecule has 0 unspecified atom stereocenters. The maximum absolute atomic E-state index is 12.2. The van der Waals surface area contributed by atoms with E-state index in [0.29, 0.717) is 9.98 Å². The molecule has 0 aliphatic carbocycles. The fourth-order valence-electron chi connectivity index (χ4n) is 1.67. The summed E-state index contributed by atoms with van der Waals surface area (Å²) in [4.78, 5) is 22.0. The molecule has 2 N–H and O–H groups in total. The number of rotatable bonds is 2. The van der Waals surface area contributed by atoms with Crippen LogP contribution in [0.2, 0.25) is 0 Å². The molecule has 2 aromatic rings. The van der Waals surface area contributed by atoms with Gasteiger partial charge >= 0.3 is 10.0 Å². The Morgan fingerprint density at radius 2 is 2.00 bits per heavy atom. The van der Waals surface area contributed by atoms with Gasteiger partial charge in [-0.05, 0) is 12.1 Å². The highest BCUT2D eigenvalue weighted by Gasteiger charge is 2.32. The molecule has 0 bridgehead atoms. The zero-order valence-corrected chi connectivity index (χ0v) is 10.8. The smallest absolute Gasteiger partial charge is 0.302 e. The monoisotopic (exact) mass is 291 g/mol. The second-order valence-electron chi connectivity index (χ2n) is 3.91. The fraction of sp³-hybridized carbons (Fsp3) is 0. The molecule has 2 heterocycles. The van der Waals surface area contributed by atoms with Gasteiger partial charge in [0.25, 0.3) is 5.91 Å². The maximum atomic E-state index is 12.2. The minimum absolute atomic E-state index is 0.0650. The van der Waals surface area contributed by atoms with E-state index in [0.717, 1.165) is 6.34 Å². The molecule has 3 rings (SSSR count). The van der Waals surface area contributed by atoms with E-state index < -0.39 is 15.9 Å². The zero-order valence-electron chi connectivity index (χ0n) is 10.0. The summed E-state index contributed by atoms with van der Waals surface area (Å²) in [6.07, 6.45) is 2.22. The van der Waals surface area contributed by atoms with Gasteiger partial charge in [0.15, 0.2) is 5.82 Å². The minimum atomic E-state index is -3.91. The Balaban J connectivity index is 1.88. The van der Waals surface area contributed by atoms with Crippen molar-refractivity contribution in [2.24, 2.45) is 4.99 Å². The number of aromatic nitrogens is 2. The highest BCUT2D eigenvalue weighted by Crippen LogP contribution is 2.25. The molecule has 1 amide bonds. The minimum Gasteiger partial charge on any atom is -0.332 e. The van der Waals surface area contributed by atoms with Gasteiger partial charge < -0.3 is 4.98 Å². The Morgan fingerprint density at radius 3 is 2.75 bits per heavy atom. The average molecular weight is 291 g/mol. The Morgan fingerprint density at radius 1 is 1.25 bits per heavy atom. The Bertz CT molecular complexity index is 781. The predicted molar refractivity (Wildman–Crippen MR) is 69.7 cm³/mol. The summed E-state index contributed by atoms with van der Waals surface area (Å²) >= 11 is 0. The van der Waals surface area contributed by atoms with Crippen LogP contribution in [0.5, 0.6) is 0 Å². The Hall–Kier alpha value is -2.68. The van der Waals surface area contributed by atoms with Crippen LogP contribution < -0.4 is 5.43 Å². The number of carbonyl (C=O) groups is 1. The van der Waals surface area contributed by atoms with Crippen molar-refractivity contribution in [1.82, 2.24) is 19.8 Å². The van der Waals surface area contributed by atoms with Crippen molar-refractivity contribution in [3.63, 3.8) is 0 Å². The molecule has 1 aromatic heterocycles. The summed E-state index contributed by atoms with van der Waals surface area (Å²) < 4.78 is 25.0. The largest absolute Gasteiger partial charge is 0.332 e. The van der Waals surface area contributed by atoms with Crippen molar-refractivity contribution in [2.45, 2.75) is 5.03 Å². The van der Waals surface area contributed by atoms with Crippen LogP contribution in [0.15, 0.2) is 46.7 Å². The van der Waals surface area contributed by atoms with Crippen molar-refractivity contribution >= 4 is 28.1 Å². The average Bonchev–Trinajstić information content (AvgIpc) is 2.93. The van der Waals surface area contributed by atoms with E-state index in [1.54, 1.807) is 30.3 Å². The van der Waals surface area contributed by atoms with E-state index >= 15 is 0 Å². The van der Waals surface area contributed by atoms with E-state index in [4.69, 9.17) is 0 Å². The summed E-state index contributed by atoms with van der Waals surface area (Å²) in [5.74, 6) is -0.487. The van der Waals surface area contributed by atoms with Gasteiger partial charge in [0.1, 0.15) is 6.34 Å². The number of imidazole rings is 1. The van der Waals surface area contributed by atoms with Crippen molar-refractivity contribution in [3.05, 3.63) is 42.2 Å². The lowest BCUT2D eigenvalue weighted by atomic mass is 10.2. The number of sulfonamides is 1. The first kappa shape index (κ1) is 12.4. The number of hydrazine groups is 1. The number of H-pyrrole nitrogens is 1. The normalized spacial score (nSPS) is 15.7. The third-order valence-electron chi connectivity index (χ3n) is 2.64. The number of nitrogens with zero attached hydrogens (tertiary/aromatic N) is 3. The number of fused-ring (bicyclic) bond motifs is 1. The van der Waals surface area contributed by atoms with E-state index in [1.807, 2.05) is 0 Å². The second-order valence-corrected chi connectivity index (χ2v) is 5.66. The van der Waals surface area contributed by atoms with Crippen LogP contribution in [-0.2, 0) is 10.0 Å². The van der Waals surface area contributed by atoms with E-state index in [1.165, 1.54) is 6.33 Å². The lowest BCUT2D eigenvalue weighted by Crippen LogP contribution is -2.46. The molecular formula is C11H9N5O3S. The van der Waals surface area contributed by atoms with Crippen LogP contribution in [0.4, 0.5) is 5.82 Å². The van der Waals surface area contributed by atoms with E-state index in [2.05, 4.69) is 20.4 Å². The third kappa shape index (κ3) is 1.93. The van der Waals surface area contributed by atoms with Crippen molar-refractivity contribution in [2.75, 3.05) is 0 Å². The molecule has 0 saturated heterocycles. The van der Waals surface area contributed by atoms with Crippen LogP contribution in [0.1, 0.15) is 10.4 Å². The molecule has 8 nitrogen and oxygen atoms in total. The summed E-state index contributed by atoms with van der Waals surface area (Å²) in [6, 6.07) is 8.27. The first-order chi connectivity index (χ1) is 9.59. The molecule has 0 atom stereocenters. The number of aliphatic imine (C=N–C) groups is 1. The quantitative estimate of drug-likeness (QED) is 0.835. The molecule has 102 valence electrons. The highest BCUT2D eigenvalue weighted by atomic mass is 32.2. The fourth-order valence-corrected chi connectivity index (χ4v) is 2.78.